The van der Waals surface area contributed by atoms with Crippen LogP contribution in [-0.2, 0) is 4.79 Å². The zero-order valence-corrected chi connectivity index (χ0v) is 11.6. The van der Waals surface area contributed by atoms with Crippen LogP contribution in [0, 0.1) is 5.41 Å². The average Bonchev–Trinajstić information content (AvgIpc) is 2.33. The summed E-state index contributed by atoms with van der Waals surface area (Å²) in [5.74, 6) is 0.110. The number of carbonyl (C=O) groups is 2. The van der Waals surface area contributed by atoms with Crippen LogP contribution in [-0.4, -0.2) is 25.4 Å². The largest absolute Gasteiger partial charge is 0.497 e. The van der Waals surface area contributed by atoms with Crippen LogP contribution in [0.5, 0.6) is 11.5 Å². The van der Waals surface area contributed by atoms with Gasteiger partial charge in [0, 0.05) is 11.5 Å². The summed E-state index contributed by atoms with van der Waals surface area (Å²) in [7, 11) is 1.50. The van der Waals surface area contributed by atoms with Crippen LogP contribution < -0.4 is 15.2 Å². The molecule has 19 heavy (non-hydrogen) atoms. The SMILES string of the molecule is COc1ccc(C(N)=O)c(OCC(=O)C(C)(C)C)c1. The van der Waals surface area contributed by atoms with Crippen molar-refractivity contribution in [1.82, 2.24) is 0 Å². The van der Waals surface area contributed by atoms with E-state index in [-0.39, 0.29) is 23.7 Å². The van der Waals surface area contributed by atoms with Crippen LogP contribution in [0.3, 0.4) is 0 Å². The molecule has 0 fully saturated rings. The normalized spacial score (nSPS) is 10.9. The number of methoxy groups -OCH3 is 1. The van der Waals surface area contributed by atoms with Crippen molar-refractivity contribution in [2.24, 2.45) is 11.1 Å². The van der Waals surface area contributed by atoms with E-state index in [0.29, 0.717) is 5.75 Å². The van der Waals surface area contributed by atoms with E-state index in [2.05, 4.69) is 0 Å². The van der Waals surface area contributed by atoms with Gasteiger partial charge in [0.1, 0.15) is 18.1 Å². The van der Waals surface area contributed by atoms with Crippen molar-refractivity contribution < 1.29 is 19.1 Å². The van der Waals surface area contributed by atoms with E-state index in [1.165, 1.54) is 19.2 Å². The number of primary amides is 1. The van der Waals surface area contributed by atoms with Crippen LogP contribution in [0.2, 0.25) is 0 Å². The number of benzene rings is 1. The summed E-state index contributed by atoms with van der Waals surface area (Å²) < 4.78 is 10.4. The van der Waals surface area contributed by atoms with E-state index in [9.17, 15) is 9.59 Å². The summed E-state index contributed by atoms with van der Waals surface area (Å²) in [4.78, 5) is 23.1. The predicted octanol–water partition coefficient (Wildman–Crippen LogP) is 1.79. The number of rotatable bonds is 5. The molecule has 0 aliphatic rings. The number of Topliss-reactive ketones (excluding diaryl/α,β-unsaturated/α-hetero) is 1. The third-order valence-electron chi connectivity index (χ3n) is 2.65. The second-order valence-electron chi connectivity index (χ2n) is 5.19. The fraction of sp³-hybridized carbons (Fsp3) is 0.429. The van der Waals surface area contributed by atoms with Gasteiger partial charge < -0.3 is 15.2 Å². The first kappa shape index (κ1) is 15.0. The third kappa shape index (κ3) is 3.98. The molecule has 2 N–H and O–H groups in total. The molecule has 1 rings (SSSR count). The number of amides is 1. The topological polar surface area (TPSA) is 78.6 Å². The highest BCUT2D eigenvalue weighted by Crippen LogP contribution is 2.25. The molecule has 0 atom stereocenters. The van der Waals surface area contributed by atoms with Crippen molar-refractivity contribution in [3.8, 4) is 11.5 Å². The Balaban J connectivity index is 2.92. The highest BCUT2D eigenvalue weighted by Gasteiger charge is 2.22. The molecule has 0 spiro atoms. The molecular formula is C14H19NO4. The maximum Gasteiger partial charge on any atom is 0.252 e. The molecule has 0 saturated heterocycles. The first-order valence-corrected chi connectivity index (χ1v) is 5.89. The molecule has 5 nitrogen and oxygen atoms in total. The lowest BCUT2D eigenvalue weighted by Crippen LogP contribution is -2.27. The van der Waals surface area contributed by atoms with E-state index >= 15 is 0 Å². The minimum atomic E-state index is -0.610. The van der Waals surface area contributed by atoms with E-state index in [0.717, 1.165) is 0 Å². The molecule has 1 amide bonds. The van der Waals surface area contributed by atoms with Gasteiger partial charge in [0.05, 0.1) is 12.7 Å². The van der Waals surface area contributed by atoms with Crippen molar-refractivity contribution in [2.45, 2.75) is 20.8 Å². The third-order valence-corrected chi connectivity index (χ3v) is 2.65. The first-order chi connectivity index (χ1) is 8.75. The van der Waals surface area contributed by atoms with E-state index in [4.69, 9.17) is 15.2 Å². The Kier molecular flexibility index (Phi) is 4.53. The van der Waals surface area contributed by atoms with Crippen LogP contribution in [0.4, 0.5) is 0 Å². The Labute approximate surface area is 112 Å². The molecule has 1 aromatic rings. The minimum Gasteiger partial charge on any atom is -0.497 e. The number of carbonyl (C=O) groups excluding carboxylic acids is 2. The van der Waals surface area contributed by atoms with Crippen LogP contribution >= 0.6 is 0 Å². The van der Waals surface area contributed by atoms with Crippen molar-refractivity contribution in [3.63, 3.8) is 0 Å². The number of hydrogen-bond acceptors (Lipinski definition) is 4. The molecule has 0 heterocycles. The van der Waals surface area contributed by atoms with Crippen molar-refractivity contribution >= 4 is 11.7 Å². The maximum atomic E-state index is 11.8. The van der Waals surface area contributed by atoms with Crippen LogP contribution in [0.25, 0.3) is 0 Å². The van der Waals surface area contributed by atoms with E-state index in [1.54, 1.807) is 26.8 Å². The molecule has 0 radical (unpaired) electrons. The summed E-state index contributed by atoms with van der Waals surface area (Å²) in [6.07, 6.45) is 0. The van der Waals surface area contributed by atoms with Gasteiger partial charge in [-0.15, -0.1) is 0 Å². The zero-order valence-electron chi connectivity index (χ0n) is 11.6. The van der Waals surface area contributed by atoms with Crippen LogP contribution in [0.15, 0.2) is 18.2 Å². The summed E-state index contributed by atoms with van der Waals surface area (Å²) in [5.41, 5.74) is 4.98. The molecular weight excluding hydrogens is 246 g/mol. The van der Waals surface area contributed by atoms with Crippen molar-refractivity contribution in [3.05, 3.63) is 23.8 Å². The number of ether oxygens (including phenoxy) is 2. The quantitative estimate of drug-likeness (QED) is 0.880. The average molecular weight is 265 g/mol. The monoisotopic (exact) mass is 265 g/mol. The van der Waals surface area contributed by atoms with E-state index < -0.39 is 11.3 Å². The minimum absolute atomic E-state index is 0.0641. The van der Waals surface area contributed by atoms with Crippen LogP contribution in [0.1, 0.15) is 31.1 Å². The second-order valence-corrected chi connectivity index (χ2v) is 5.19. The lowest BCUT2D eigenvalue weighted by Gasteiger charge is -2.17. The van der Waals surface area contributed by atoms with Gasteiger partial charge in [-0.3, -0.25) is 9.59 Å². The molecule has 104 valence electrons. The van der Waals surface area contributed by atoms with Gasteiger partial charge in [0.2, 0.25) is 0 Å². The molecule has 0 bridgehead atoms. The highest BCUT2D eigenvalue weighted by molar-refractivity contribution is 5.96. The van der Waals surface area contributed by atoms with E-state index in [1.807, 2.05) is 0 Å². The fourth-order valence-corrected chi connectivity index (χ4v) is 1.31. The summed E-state index contributed by atoms with van der Waals surface area (Å²) in [6, 6.07) is 4.66. The smallest absolute Gasteiger partial charge is 0.252 e. The maximum absolute atomic E-state index is 11.8. The highest BCUT2D eigenvalue weighted by atomic mass is 16.5. The Hall–Kier alpha value is -2.04. The molecule has 0 aromatic heterocycles. The number of hydrogen-bond donors (Lipinski definition) is 1. The van der Waals surface area contributed by atoms with Gasteiger partial charge in [0.15, 0.2) is 5.78 Å². The molecule has 0 aliphatic heterocycles. The van der Waals surface area contributed by atoms with Gasteiger partial charge in [-0.2, -0.15) is 0 Å². The number of ketones is 1. The molecule has 0 unspecified atom stereocenters. The molecule has 0 aliphatic carbocycles. The first-order valence-electron chi connectivity index (χ1n) is 5.89. The Bertz CT molecular complexity index is 489. The zero-order chi connectivity index (χ0) is 14.6. The standard InChI is InChI=1S/C14H19NO4/c1-14(2,3)12(16)8-19-11-7-9(18-4)5-6-10(11)13(15)17/h5-7H,8H2,1-4H3,(H2,15,17). The summed E-state index contributed by atoms with van der Waals surface area (Å²) in [5, 5.41) is 0. The Morgan fingerprint density at radius 1 is 1.26 bits per heavy atom. The van der Waals surface area contributed by atoms with Gasteiger partial charge >= 0.3 is 0 Å². The fourth-order valence-electron chi connectivity index (χ4n) is 1.31. The Morgan fingerprint density at radius 2 is 1.89 bits per heavy atom. The summed E-state index contributed by atoms with van der Waals surface area (Å²) >= 11 is 0. The lowest BCUT2D eigenvalue weighted by atomic mass is 9.91. The van der Waals surface area contributed by atoms with Crippen molar-refractivity contribution in [1.29, 1.82) is 0 Å². The van der Waals surface area contributed by atoms with Crippen molar-refractivity contribution in [2.75, 3.05) is 13.7 Å². The van der Waals surface area contributed by atoms with Gasteiger partial charge in [-0.05, 0) is 12.1 Å². The van der Waals surface area contributed by atoms with Gasteiger partial charge in [-0.1, -0.05) is 20.8 Å². The van der Waals surface area contributed by atoms with Gasteiger partial charge in [0.25, 0.3) is 5.91 Å². The second kappa shape index (κ2) is 5.73. The van der Waals surface area contributed by atoms with Gasteiger partial charge in [-0.25, -0.2) is 0 Å². The molecule has 5 heteroatoms. The number of nitrogens with two attached hydrogens (primary N) is 1. The Morgan fingerprint density at radius 3 is 2.37 bits per heavy atom. The molecule has 0 saturated carbocycles. The summed E-state index contributed by atoms with van der Waals surface area (Å²) in [6.45, 7) is 5.30. The predicted molar refractivity (Wildman–Crippen MR) is 71.5 cm³/mol. The molecule has 1 aromatic carbocycles. The lowest BCUT2D eigenvalue weighted by molar-refractivity contribution is -0.128.